The number of carboxylic acid groups (broad SMARTS) is 1. The largest absolute Gasteiger partial charge is 0.479 e. The summed E-state index contributed by atoms with van der Waals surface area (Å²) >= 11 is 0. The summed E-state index contributed by atoms with van der Waals surface area (Å²) in [4.78, 5) is 11.4. The zero-order chi connectivity index (χ0) is 14.7. The molecule has 0 bridgehead atoms. The second-order valence-corrected chi connectivity index (χ2v) is 5.09. The summed E-state index contributed by atoms with van der Waals surface area (Å²) in [5, 5.41) is 18.8. The van der Waals surface area contributed by atoms with E-state index in [9.17, 15) is 15.0 Å². The van der Waals surface area contributed by atoms with E-state index >= 15 is 0 Å². The first kappa shape index (κ1) is 15.7. The zero-order valence-electron chi connectivity index (χ0n) is 12.1. The van der Waals surface area contributed by atoms with Crippen LogP contribution in [-0.4, -0.2) is 28.4 Å². The molecular formula is C15H22O4. The Morgan fingerprint density at radius 1 is 1.11 bits per heavy atom. The molecular weight excluding hydrogens is 244 g/mol. The van der Waals surface area contributed by atoms with E-state index in [-0.39, 0.29) is 0 Å². The van der Waals surface area contributed by atoms with Gasteiger partial charge in [0.15, 0.2) is 6.10 Å². The normalized spacial score (nSPS) is 15.9. The van der Waals surface area contributed by atoms with E-state index in [1.54, 1.807) is 13.8 Å². The van der Waals surface area contributed by atoms with E-state index in [2.05, 4.69) is 0 Å². The molecule has 3 atom stereocenters. The summed E-state index contributed by atoms with van der Waals surface area (Å²) < 4.78 is 5.49. The Hall–Kier alpha value is -1.39. The van der Waals surface area contributed by atoms with Crippen molar-refractivity contribution in [3.05, 3.63) is 34.4 Å². The molecule has 0 saturated heterocycles. The molecule has 0 aromatic heterocycles. The molecule has 1 aromatic carbocycles. The minimum Gasteiger partial charge on any atom is -0.479 e. The summed E-state index contributed by atoms with van der Waals surface area (Å²) in [7, 11) is 0. The van der Waals surface area contributed by atoms with Crippen molar-refractivity contribution >= 4 is 5.97 Å². The van der Waals surface area contributed by atoms with E-state index in [1.165, 1.54) is 0 Å². The van der Waals surface area contributed by atoms with Crippen LogP contribution in [0.4, 0.5) is 0 Å². The molecule has 0 radical (unpaired) electrons. The first-order valence-corrected chi connectivity index (χ1v) is 6.38. The van der Waals surface area contributed by atoms with Gasteiger partial charge in [-0.2, -0.15) is 0 Å². The molecule has 0 aliphatic carbocycles. The van der Waals surface area contributed by atoms with Crippen LogP contribution in [0.15, 0.2) is 12.1 Å². The molecule has 1 rings (SSSR count). The van der Waals surface area contributed by atoms with E-state index in [1.807, 2.05) is 32.9 Å². The highest BCUT2D eigenvalue weighted by Crippen LogP contribution is 2.26. The molecule has 19 heavy (non-hydrogen) atoms. The molecule has 3 unspecified atom stereocenters. The van der Waals surface area contributed by atoms with Gasteiger partial charge < -0.3 is 14.9 Å². The Bertz CT molecular complexity index is 465. The first-order valence-electron chi connectivity index (χ1n) is 6.38. The van der Waals surface area contributed by atoms with Gasteiger partial charge in [-0.05, 0) is 56.9 Å². The third kappa shape index (κ3) is 3.78. The predicted molar refractivity (Wildman–Crippen MR) is 73.3 cm³/mol. The summed E-state index contributed by atoms with van der Waals surface area (Å²) in [5.74, 6) is -1.04. The lowest BCUT2D eigenvalue weighted by Crippen LogP contribution is -2.28. The van der Waals surface area contributed by atoms with Crippen molar-refractivity contribution in [3.63, 3.8) is 0 Å². The lowest BCUT2D eigenvalue weighted by molar-refractivity contribution is -0.158. The quantitative estimate of drug-likeness (QED) is 0.859. The molecule has 2 N–H and O–H groups in total. The van der Waals surface area contributed by atoms with Crippen molar-refractivity contribution in [1.29, 1.82) is 0 Å². The Labute approximate surface area is 114 Å². The first-order chi connectivity index (χ1) is 8.73. The average molecular weight is 266 g/mol. The molecule has 0 saturated carbocycles. The minimum atomic E-state index is -1.05. The topological polar surface area (TPSA) is 66.8 Å². The fraction of sp³-hybridized carbons (Fsp3) is 0.533. The van der Waals surface area contributed by atoms with E-state index in [0.717, 1.165) is 16.7 Å². The Balaban J connectivity index is 3.13. The summed E-state index contributed by atoms with van der Waals surface area (Å²) in [6.07, 6.45) is -2.31. The van der Waals surface area contributed by atoms with Crippen LogP contribution in [0.1, 0.15) is 42.2 Å². The van der Waals surface area contributed by atoms with Gasteiger partial charge in [-0.25, -0.2) is 4.79 Å². The van der Waals surface area contributed by atoms with Gasteiger partial charge in [0.05, 0.1) is 12.2 Å². The SMILES string of the molecule is Cc1cc(C)c(C(OC(C)C(C)O)C(=O)O)cc1C. The van der Waals surface area contributed by atoms with Gasteiger partial charge in [0.25, 0.3) is 0 Å². The molecule has 0 spiro atoms. The van der Waals surface area contributed by atoms with Gasteiger partial charge >= 0.3 is 5.97 Å². The maximum absolute atomic E-state index is 11.4. The van der Waals surface area contributed by atoms with Crippen LogP contribution in [-0.2, 0) is 9.53 Å². The highest BCUT2D eigenvalue weighted by molar-refractivity contribution is 5.75. The molecule has 0 fully saturated rings. The Morgan fingerprint density at radius 3 is 2.11 bits per heavy atom. The van der Waals surface area contributed by atoms with Gasteiger partial charge in [-0.1, -0.05) is 12.1 Å². The standard InChI is InChI=1S/C15H22O4/c1-8-6-10(3)13(7-9(8)2)14(15(17)18)19-12(5)11(4)16/h6-7,11-12,14,16H,1-5H3,(H,17,18). The number of aliphatic carboxylic acids is 1. The molecule has 106 valence electrons. The van der Waals surface area contributed by atoms with Gasteiger partial charge in [0, 0.05) is 0 Å². The number of carboxylic acids is 1. The Morgan fingerprint density at radius 2 is 1.63 bits per heavy atom. The third-order valence-corrected chi connectivity index (χ3v) is 3.42. The van der Waals surface area contributed by atoms with Crippen molar-refractivity contribution in [1.82, 2.24) is 0 Å². The van der Waals surface area contributed by atoms with Crippen LogP contribution in [0.5, 0.6) is 0 Å². The molecule has 0 amide bonds. The number of hydrogen-bond donors (Lipinski definition) is 2. The maximum Gasteiger partial charge on any atom is 0.337 e. The summed E-state index contributed by atoms with van der Waals surface area (Å²) in [5.41, 5.74) is 3.67. The van der Waals surface area contributed by atoms with E-state index in [0.29, 0.717) is 5.56 Å². The number of aryl methyl sites for hydroxylation is 3. The highest BCUT2D eigenvalue weighted by atomic mass is 16.5. The molecule has 4 nitrogen and oxygen atoms in total. The fourth-order valence-corrected chi connectivity index (χ4v) is 1.86. The lowest BCUT2D eigenvalue weighted by Gasteiger charge is -2.23. The molecule has 1 aromatic rings. The number of aliphatic hydroxyl groups excluding tert-OH is 1. The van der Waals surface area contributed by atoms with Crippen molar-refractivity contribution in [3.8, 4) is 0 Å². The molecule has 4 heteroatoms. The van der Waals surface area contributed by atoms with Gasteiger partial charge in [-0.15, -0.1) is 0 Å². The second kappa shape index (κ2) is 6.17. The van der Waals surface area contributed by atoms with Crippen LogP contribution >= 0.6 is 0 Å². The van der Waals surface area contributed by atoms with Crippen molar-refractivity contribution in [2.24, 2.45) is 0 Å². The zero-order valence-corrected chi connectivity index (χ0v) is 12.1. The average Bonchev–Trinajstić information content (AvgIpc) is 2.30. The van der Waals surface area contributed by atoms with Crippen LogP contribution in [0.25, 0.3) is 0 Å². The number of rotatable bonds is 5. The van der Waals surface area contributed by atoms with Crippen LogP contribution < -0.4 is 0 Å². The van der Waals surface area contributed by atoms with E-state index in [4.69, 9.17) is 4.74 Å². The predicted octanol–water partition coefficient (Wildman–Crippen LogP) is 2.52. The summed E-state index contributed by atoms with van der Waals surface area (Å²) in [6.45, 7) is 9.04. The number of aliphatic hydroxyl groups is 1. The van der Waals surface area contributed by atoms with Crippen LogP contribution in [0.2, 0.25) is 0 Å². The van der Waals surface area contributed by atoms with Gasteiger partial charge in [0.2, 0.25) is 0 Å². The highest BCUT2D eigenvalue weighted by Gasteiger charge is 2.26. The smallest absolute Gasteiger partial charge is 0.337 e. The van der Waals surface area contributed by atoms with Crippen LogP contribution in [0, 0.1) is 20.8 Å². The fourth-order valence-electron chi connectivity index (χ4n) is 1.86. The minimum absolute atomic E-state index is 0.540. The van der Waals surface area contributed by atoms with Crippen molar-refractivity contribution < 1.29 is 19.7 Å². The van der Waals surface area contributed by atoms with E-state index < -0.39 is 24.3 Å². The van der Waals surface area contributed by atoms with Crippen molar-refractivity contribution in [2.75, 3.05) is 0 Å². The molecule has 0 aliphatic heterocycles. The number of benzene rings is 1. The van der Waals surface area contributed by atoms with Gasteiger partial charge in [-0.3, -0.25) is 0 Å². The van der Waals surface area contributed by atoms with Crippen LogP contribution in [0.3, 0.4) is 0 Å². The van der Waals surface area contributed by atoms with Gasteiger partial charge in [0.1, 0.15) is 0 Å². The number of ether oxygens (including phenoxy) is 1. The number of hydrogen-bond acceptors (Lipinski definition) is 3. The van der Waals surface area contributed by atoms with Crippen molar-refractivity contribution in [2.45, 2.75) is 52.9 Å². The maximum atomic E-state index is 11.4. The lowest BCUT2D eigenvalue weighted by atomic mass is 9.97. The second-order valence-electron chi connectivity index (χ2n) is 5.09. The summed E-state index contributed by atoms with van der Waals surface area (Å²) in [6, 6.07) is 3.80. The monoisotopic (exact) mass is 266 g/mol. The molecule has 0 aliphatic rings. The molecule has 0 heterocycles. The number of carbonyl (C=O) groups is 1. The third-order valence-electron chi connectivity index (χ3n) is 3.42. The Kier molecular flexibility index (Phi) is 5.09.